The molecule has 0 fully saturated rings. The van der Waals surface area contributed by atoms with E-state index in [2.05, 4.69) is 32.2 Å². The number of para-hydroxylation sites is 4. The van der Waals surface area contributed by atoms with Crippen LogP contribution < -0.4 is 19.5 Å². The molecule has 0 bridgehead atoms. The molecule has 0 aliphatic heterocycles. The predicted molar refractivity (Wildman–Crippen MR) is 143 cm³/mol. The zero-order chi connectivity index (χ0) is 25.5. The van der Waals surface area contributed by atoms with Crippen molar-refractivity contribution in [1.29, 1.82) is 0 Å². The van der Waals surface area contributed by atoms with Crippen LogP contribution in [0.3, 0.4) is 0 Å². The zero-order valence-corrected chi connectivity index (χ0v) is 21.1. The smallest absolute Gasteiger partial charge is 0.255 e. The number of hydrogen-bond acceptors (Lipinski definition) is 4. The van der Waals surface area contributed by atoms with E-state index in [1.807, 2.05) is 72.8 Å². The van der Waals surface area contributed by atoms with Crippen LogP contribution >= 0.6 is 0 Å². The highest BCUT2D eigenvalue weighted by Gasteiger charge is 2.19. The van der Waals surface area contributed by atoms with E-state index < -0.39 is 0 Å². The second-order valence-electron chi connectivity index (χ2n) is 9.43. The largest absolute Gasteiger partial charge is 0.496 e. The van der Waals surface area contributed by atoms with E-state index >= 15 is 0 Å². The Bertz CT molecular complexity index is 1330. The molecule has 0 saturated carbocycles. The van der Waals surface area contributed by atoms with Gasteiger partial charge in [0.15, 0.2) is 5.75 Å². The first-order chi connectivity index (χ1) is 17.3. The third kappa shape index (κ3) is 6.05. The number of ether oxygens (including phenoxy) is 3. The van der Waals surface area contributed by atoms with Crippen LogP contribution in [0.15, 0.2) is 97.1 Å². The summed E-state index contributed by atoms with van der Waals surface area (Å²) in [5, 5.41) is 2.97. The molecule has 0 atom stereocenters. The van der Waals surface area contributed by atoms with Crippen LogP contribution in [0.25, 0.3) is 0 Å². The minimum atomic E-state index is -0.252. The maximum Gasteiger partial charge on any atom is 0.255 e. The first-order valence-corrected chi connectivity index (χ1v) is 11.9. The molecule has 184 valence electrons. The highest BCUT2D eigenvalue weighted by Crippen LogP contribution is 2.33. The van der Waals surface area contributed by atoms with Gasteiger partial charge < -0.3 is 19.5 Å². The standard InChI is InChI=1S/C31H31NO4/c1-31(2,3)25-14-8-10-16-28(25)35-21-23-20-22(18-19-27(23)34-4)30(33)32-26-15-9-11-17-29(26)36-24-12-6-5-7-13-24/h5-20H,21H2,1-4H3,(H,32,33). The fraction of sp³-hybridized carbons (Fsp3) is 0.194. The number of carbonyl (C=O) groups is 1. The molecule has 5 nitrogen and oxygen atoms in total. The van der Waals surface area contributed by atoms with Gasteiger partial charge in [-0.3, -0.25) is 4.79 Å². The van der Waals surface area contributed by atoms with Crippen molar-refractivity contribution in [3.05, 3.63) is 114 Å². The average Bonchev–Trinajstić information content (AvgIpc) is 2.88. The molecule has 0 heterocycles. The van der Waals surface area contributed by atoms with E-state index in [1.54, 1.807) is 25.3 Å². The Balaban J connectivity index is 1.53. The lowest BCUT2D eigenvalue weighted by atomic mass is 9.86. The Kier molecular flexibility index (Phi) is 7.59. The van der Waals surface area contributed by atoms with Crippen molar-refractivity contribution >= 4 is 11.6 Å². The van der Waals surface area contributed by atoms with Crippen molar-refractivity contribution in [2.75, 3.05) is 12.4 Å². The number of nitrogens with one attached hydrogen (secondary N) is 1. The second-order valence-corrected chi connectivity index (χ2v) is 9.43. The molecule has 0 saturated heterocycles. The van der Waals surface area contributed by atoms with Gasteiger partial charge in [0, 0.05) is 11.1 Å². The number of rotatable bonds is 8. The molecule has 1 N–H and O–H groups in total. The summed E-state index contributed by atoms with van der Waals surface area (Å²) in [5.41, 5.74) is 2.92. The average molecular weight is 482 g/mol. The maximum atomic E-state index is 13.2. The van der Waals surface area contributed by atoms with Gasteiger partial charge in [0.05, 0.1) is 12.8 Å². The quantitative estimate of drug-likeness (QED) is 0.281. The number of benzene rings is 4. The third-order valence-electron chi connectivity index (χ3n) is 5.73. The number of amides is 1. The monoisotopic (exact) mass is 481 g/mol. The first-order valence-electron chi connectivity index (χ1n) is 11.9. The second kappa shape index (κ2) is 11.0. The fourth-order valence-electron chi connectivity index (χ4n) is 3.87. The van der Waals surface area contributed by atoms with Gasteiger partial charge in [0.1, 0.15) is 23.9 Å². The summed E-state index contributed by atoms with van der Waals surface area (Å²) in [6, 6.07) is 30.2. The Hall–Kier alpha value is -4.25. The van der Waals surface area contributed by atoms with Crippen molar-refractivity contribution in [2.45, 2.75) is 32.8 Å². The van der Waals surface area contributed by atoms with Crippen molar-refractivity contribution in [3.63, 3.8) is 0 Å². The van der Waals surface area contributed by atoms with E-state index in [9.17, 15) is 4.79 Å². The molecule has 1 amide bonds. The molecule has 0 unspecified atom stereocenters. The summed E-state index contributed by atoms with van der Waals surface area (Å²) in [5.74, 6) is 2.48. The highest BCUT2D eigenvalue weighted by atomic mass is 16.5. The van der Waals surface area contributed by atoms with E-state index in [0.29, 0.717) is 28.5 Å². The van der Waals surface area contributed by atoms with Gasteiger partial charge in [-0.25, -0.2) is 0 Å². The molecule has 4 aromatic carbocycles. The molecule has 0 aliphatic rings. The lowest BCUT2D eigenvalue weighted by molar-refractivity contribution is 0.102. The Morgan fingerprint density at radius 3 is 2.17 bits per heavy atom. The Morgan fingerprint density at radius 1 is 0.778 bits per heavy atom. The number of carbonyl (C=O) groups excluding carboxylic acids is 1. The van der Waals surface area contributed by atoms with E-state index in [0.717, 1.165) is 16.9 Å². The molecule has 0 spiro atoms. The first kappa shape index (κ1) is 24.9. The molecule has 0 radical (unpaired) electrons. The number of hydrogen-bond donors (Lipinski definition) is 1. The van der Waals surface area contributed by atoms with Gasteiger partial charge in [0.25, 0.3) is 5.91 Å². The summed E-state index contributed by atoms with van der Waals surface area (Å²) in [7, 11) is 1.61. The van der Waals surface area contributed by atoms with Crippen LogP contribution in [0.5, 0.6) is 23.0 Å². The normalized spacial score (nSPS) is 11.0. The van der Waals surface area contributed by atoms with Gasteiger partial charge in [-0.05, 0) is 59.5 Å². The summed E-state index contributed by atoms with van der Waals surface area (Å²) in [6.45, 7) is 6.73. The van der Waals surface area contributed by atoms with E-state index in [4.69, 9.17) is 14.2 Å². The summed E-state index contributed by atoms with van der Waals surface area (Å²) in [4.78, 5) is 13.2. The number of methoxy groups -OCH3 is 1. The third-order valence-corrected chi connectivity index (χ3v) is 5.73. The van der Waals surface area contributed by atoms with Crippen molar-refractivity contribution < 1.29 is 19.0 Å². The van der Waals surface area contributed by atoms with Crippen molar-refractivity contribution in [3.8, 4) is 23.0 Å². The minimum absolute atomic E-state index is 0.0579. The lowest BCUT2D eigenvalue weighted by Crippen LogP contribution is -2.14. The van der Waals surface area contributed by atoms with Crippen molar-refractivity contribution in [2.24, 2.45) is 0 Å². The van der Waals surface area contributed by atoms with Gasteiger partial charge in [-0.1, -0.05) is 69.3 Å². The van der Waals surface area contributed by atoms with Crippen LogP contribution in [0.1, 0.15) is 42.3 Å². The Morgan fingerprint density at radius 2 is 1.44 bits per heavy atom. The lowest BCUT2D eigenvalue weighted by Gasteiger charge is -2.23. The molecule has 0 aromatic heterocycles. The molecule has 0 aliphatic carbocycles. The van der Waals surface area contributed by atoms with Crippen molar-refractivity contribution in [1.82, 2.24) is 0 Å². The minimum Gasteiger partial charge on any atom is -0.496 e. The zero-order valence-electron chi connectivity index (χ0n) is 21.1. The van der Waals surface area contributed by atoms with Crippen LogP contribution in [-0.2, 0) is 12.0 Å². The van der Waals surface area contributed by atoms with Crippen LogP contribution in [0.2, 0.25) is 0 Å². The van der Waals surface area contributed by atoms with Crippen LogP contribution in [-0.4, -0.2) is 13.0 Å². The van der Waals surface area contributed by atoms with Crippen LogP contribution in [0, 0.1) is 0 Å². The molecule has 5 heteroatoms. The van der Waals surface area contributed by atoms with Crippen LogP contribution in [0.4, 0.5) is 5.69 Å². The summed E-state index contributed by atoms with van der Waals surface area (Å²) < 4.78 is 17.7. The van der Waals surface area contributed by atoms with E-state index in [1.165, 1.54) is 0 Å². The SMILES string of the molecule is COc1ccc(C(=O)Nc2ccccc2Oc2ccccc2)cc1COc1ccccc1C(C)(C)C. The molecule has 4 aromatic rings. The highest BCUT2D eigenvalue weighted by molar-refractivity contribution is 6.05. The Labute approximate surface area is 212 Å². The topological polar surface area (TPSA) is 56.8 Å². The van der Waals surface area contributed by atoms with E-state index in [-0.39, 0.29) is 17.9 Å². The molecular formula is C31H31NO4. The van der Waals surface area contributed by atoms with Gasteiger partial charge in [-0.2, -0.15) is 0 Å². The summed E-state index contributed by atoms with van der Waals surface area (Å²) in [6.07, 6.45) is 0. The molecule has 36 heavy (non-hydrogen) atoms. The predicted octanol–water partition coefficient (Wildman–Crippen LogP) is 7.62. The fourth-order valence-corrected chi connectivity index (χ4v) is 3.87. The van der Waals surface area contributed by atoms with Gasteiger partial charge in [0.2, 0.25) is 0 Å². The maximum absolute atomic E-state index is 13.2. The van der Waals surface area contributed by atoms with Gasteiger partial charge >= 0.3 is 0 Å². The number of anilines is 1. The molecule has 4 rings (SSSR count). The summed E-state index contributed by atoms with van der Waals surface area (Å²) >= 11 is 0. The van der Waals surface area contributed by atoms with Gasteiger partial charge in [-0.15, -0.1) is 0 Å². The molecular weight excluding hydrogens is 450 g/mol.